The van der Waals surface area contributed by atoms with Crippen molar-refractivity contribution in [2.75, 3.05) is 13.6 Å². The molecule has 3 heterocycles. The molecule has 2 aromatic heterocycles. The minimum Gasteiger partial charge on any atom is -0.373 e. The first-order chi connectivity index (χ1) is 14.9. The Morgan fingerprint density at radius 3 is 2.74 bits per heavy atom. The topological polar surface area (TPSA) is 127 Å². The SMILES string of the molecule is CN1CCC(O)(c2cc(-c3cccc(-n4nc(C(N)=O)c5ccccc54)c3)no2)C1=O. The van der Waals surface area contributed by atoms with Crippen LogP contribution in [-0.2, 0) is 10.4 Å². The van der Waals surface area contributed by atoms with Crippen LogP contribution in [0.15, 0.2) is 59.1 Å². The molecule has 1 atom stereocenters. The lowest BCUT2D eigenvalue weighted by Gasteiger charge is -2.16. The Balaban J connectivity index is 1.56. The van der Waals surface area contributed by atoms with Crippen LogP contribution in [0.3, 0.4) is 0 Å². The Hall–Kier alpha value is -3.98. The highest BCUT2D eigenvalue weighted by molar-refractivity contribution is 6.04. The van der Waals surface area contributed by atoms with Crippen molar-refractivity contribution in [3.63, 3.8) is 0 Å². The number of nitrogens with two attached hydrogens (primary N) is 1. The first-order valence-corrected chi connectivity index (χ1v) is 9.72. The number of rotatable bonds is 4. The summed E-state index contributed by atoms with van der Waals surface area (Å²) in [5, 5.41) is 19.9. The van der Waals surface area contributed by atoms with Gasteiger partial charge in [0.15, 0.2) is 11.5 Å². The molecule has 0 radical (unpaired) electrons. The number of carbonyl (C=O) groups excluding carboxylic acids is 2. The number of fused-ring (bicyclic) bond motifs is 1. The highest BCUT2D eigenvalue weighted by Gasteiger charge is 2.48. The standard InChI is InChI=1S/C22H19N5O4/c1-26-10-9-22(30,21(26)29)18-12-16(25-31-18)13-5-4-6-14(11-13)27-17-8-3-2-7-15(17)19(24-27)20(23)28/h2-8,11-12,30H,9-10H2,1H3,(H2,23,28). The van der Waals surface area contributed by atoms with E-state index in [0.29, 0.717) is 28.9 Å². The average Bonchev–Trinajstić information content (AvgIpc) is 3.48. The molecule has 0 bridgehead atoms. The van der Waals surface area contributed by atoms with Gasteiger partial charge in [-0.1, -0.05) is 35.5 Å². The van der Waals surface area contributed by atoms with Gasteiger partial charge in [0.2, 0.25) is 5.60 Å². The molecule has 1 fully saturated rings. The number of likely N-dealkylation sites (N-methyl/N-ethyl adjacent to an activating group) is 1. The van der Waals surface area contributed by atoms with Gasteiger partial charge in [-0.2, -0.15) is 5.10 Å². The number of aliphatic hydroxyl groups is 1. The van der Waals surface area contributed by atoms with Gasteiger partial charge < -0.3 is 20.3 Å². The lowest BCUT2D eigenvalue weighted by atomic mass is 9.98. The molecule has 2 aromatic carbocycles. The lowest BCUT2D eigenvalue weighted by Crippen LogP contribution is -2.35. The van der Waals surface area contributed by atoms with Gasteiger partial charge in [-0.3, -0.25) is 9.59 Å². The number of hydrogen-bond acceptors (Lipinski definition) is 6. The van der Waals surface area contributed by atoms with Crippen molar-refractivity contribution in [2.24, 2.45) is 5.73 Å². The number of hydrogen-bond donors (Lipinski definition) is 2. The molecule has 156 valence electrons. The minimum atomic E-state index is -1.70. The van der Waals surface area contributed by atoms with E-state index in [1.54, 1.807) is 23.9 Å². The van der Waals surface area contributed by atoms with Crippen molar-refractivity contribution >= 4 is 22.7 Å². The Morgan fingerprint density at radius 1 is 1.19 bits per heavy atom. The molecule has 5 rings (SSSR count). The molecule has 9 nitrogen and oxygen atoms in total. The van der Waals surface area contributed by atoms with Gasteiger partial charge in [-0.25, -0.2) is 4.68 Å². The third-order valence-corrected chi connectivity index (χ3v) is 5.63. The predicted molar refractivity (Wildman–Crippen MR) is 111 cm³/mol. The Kier molecular flexibility index (Phi) is 4.16. The van der Waals surface area contributed by atoms with Gasteiger partial charge in [-0.05, 0) is 18.2 Å². The van der Waals surface area contributed by atoms with Crippen LogP contribution < -0.4 is 5.73 Å². The highest BCUT2D eigenvalue weighted by Crippen LogP contribution is 2.35. The van der Waals surface area contributed by atoms with Crippen LogP contribution in [0, 0.1) is 0 Å². The zero-order valence-electron chi connectivity index (χ0n) is 16.6. The van der Waals surface area contributed by atoms with E-state index >= 15 is 0 Å². The van der Waals surface area contributed by atoms with E-state index in [2.05, 4.69) is 10.3 Å². The minimum absolute atomic E-state index is 0.114. The molecule has 4 aromatic rings. The Labute approximate surface area is 176 Å². The summed E-state index contributed by atoms with van der Waals surface area (Å²) >= 11 is 0. The van der Waals surface area contributed by atoms with Gasteiger partial charge in [0.1, 0.15) is 5.69 Å². The number of nitrogens with zero attached hydrogens (tertiary/aromatic N) is 4. The van der Waals surface area contributed by atoms with Gasteiger partial charge >= 0.3 is 0 Å². The fraction of sp³-hybridized carbons (Fsp3) is 0.182. The van der Waals surface area contributed by atoms with E-state index in [1.165, 1.54) is 4.90 Å². The molecule has 3 N–H and O–H groups in total. The molecule has 0 spiro atoms. The van der Waals surface area contributed by atoms with Crippen LogP contribution in [0.1, 0.15) is 22.7 Å². The Bertz CT molecular complexity index is 1340. The summed E-state index contributed by atoms with van der Waals surface area (Å²) in [6.07, 6.45) is 0.242. The maximum atomic E-state index is 12.3. The van der Waals surface area contributed by atoms with Crippen LogP contribution >= 0.6 is 0 Å². The molecule has 31 heavy (non-hydrogen) atoms. The molecular formula is C22H19N5O4. The molecule has 1 aliphatic rings. The molecule has 0 saturated carbocycles. The molecule has 1 saturated heterocycles. The van der Waals surface area contributed by atoms with E-state index in [9.17, 15) is 14.7 Å². The fourth-order valence-electron chi connectivity index (χ4n) is 3.93. The van der Waals surface area contributed by atoms with Crippen molar-refractivity contribution in [1.29, 1.82) is 0 Å². The zero-order chi connectivity index (χ0) is 21.8. The number of likely N-dealkylation sites (tertiary alicyclic amines) is 1. The van der Waals surface area contributed by atoms with Crippen LogP contribution in [0.25, 0.3) is 27.8 Å². The number of aromatic nitrogens is 3. The van der Waals surface area contributed by atoms with E-state index in [0.717, 1.165) is 5.52 Å². The van der Waals surface area contributed by atoms with Gasteiger partial charge in [0.25, 0.3) is 11.8 Å². The molecular weight excluding hydrogens is 398 g/mol. The smallest absolute Gasteiger partial charge is 0.269 e. The summed E-state index contributed by atoms with van der Waals surface area (Å²) in [4.78, 5) is 25.6. The summed E-state index contributed by atoms with van der Waals surface area (Å²) in [5.74, 6) is -0.902. The second-order valence-corrected chi connectivity index (χ2v) is 7.61. The van der Waals surface area contributed by atoms with Crippen molar-refractivity contribution < 1.29 is 19.2 Å². The third-order valence-electron chi connectivity index (χ3n) is 5.63. The normalized spacial score (nSPS) is 18.8. The number of benzene rings is 2. The van der Waals surface area contributed by atoms with Gasteiger partial charge in [0, 0.05) is 37.0 Å². The lowest BCUT2D eigenvalue weighted by molar-refractivity contribution is -0.144. The summed E-state index contributed by atoms with van der Waals surface area (Å²) < 4.78 is 6.99. The van der Waals surface area contributed by atoms with E-state index in [1.807, 2.05) is 42.5 Å². The molecule has 1 aliphatic heterocycles. The quantitative estimate of drug-likeness (QED) is 0.521. The molecule has 2 amide bonds. The van der Waals surface area contributed by atoms with Gasteiger partial charge in [0.05, 0.1) is 11.2 Å². The van der Waals surface area contributed by atoms with E-state index < -0.39 is 17.4 Å². The number of para-hydroxylation sites is 1. The second kappa shape index (κ2) is 6.78. The molecule has 1 unspecified atom stereocenters. The summed E-state index contributed by atoms with van der Waals surface area (Å²) in [7, 11) is 1.63. The summed E-state index contributed by atoms with van der Waals surface area (Å²) in [6, 6.07) is 16.2. The van der Waals surface area contributed by atoms with Crippen LogP contribution in [-0.4, -0.2) is 50.4 Å². The van der Waals surface area contributed by atoms with Crippen molar-refractivity contribution in [3.8, 4) is 16.9 Å². The van der Waals surface area contributed by atoms with Crippen LogP contribution in [0.5, 0.6) is 0 Å². The maximum Gasteiger partial charge on any atom is 0.269 e. The number of amides is 2. The van der Waals surface area contributed by atoms with Crippen LogP contribution in [0.4, 0.5) is 0 Å². The molecule has 9 heteroatoms. The largest absolute Gasteiger partial charge is 0.373 e. The maximum absolute atomic E-state index is 12.3. The van der Waals surface area contributed by atoms with Crippen molar-refractivity contribution in [3.05, 3.63) is 66.1 Å². The summed E-state index contributed by atoms with van der Waals surface area (Å²) in [5.41, 5.74) is 6.59. The predicted octanol–water partition coefficient (Wildman–Crippen LogP) is 1.83. The third kappa shape index (κ3) is 2.89. The van der Waals surface area contributed by atoms with E-state index in [-0.39, 0.29) is 17.9 Å². The first-order valence-electron chi connectivity index (χ1n) is 9.72. The monoisotopic (exact) mass is 417 g/mol. The number of primary amides is 1. The average molecular weight is 417 g/mol. The van der Waals surface area contributed by atoms with E-state index in [4.69, 9.17) is 10.3 Å². The van der Waals surface area contributed by atoms with Crippen molar-refractivity contribution in [2.45, 2.75) is 12.0 Å². The highest BCUT2D eigenvalue weighted by atomic mass is 16.5. The second-order valence-electron chi connectivity index (χ2n) is 7.61. The molecule has 0 aliphatic carbocycles. The van der Waals surface area contributed by atoms with Gasteiger partial charge in [-0.15, -0.1) is 0 Å². The first kappa shape index (κ1) is 19.0. The Morgan fingerprint density at radius 2 is 2.00 bits per heavy atom. The number of carbonyl (C=O) groups is 2. The fourth-order valence-corrected chi connectivity index (χ4v) is 3.93. The summed E-state index contributed by atoms with van der Waals surface area (Å²) in [6.45, 7) is 0.440. The zero-order valence-corrected chi connectivity index (χ0v) is 16.6. The van der Waals surface area contributed by atoms with Crippen LogP contribution in [0.2, 0.25) is 0 Å². The van der Waals surface area contributed by atoms with Crippen molar-refractivity contribution in [1.82, 2.24) is 19.8 Å².